The van der Waals surface area contributed by atoms with Crippen molar-refractivity contribution in [1.29, 1.82) is 0 Å². The molecule has 0 N–H and O–H groups in total. The predicted octanol–water partition coefficient (Wildman–Crippen LogP) is 4.43. The van der Waals surface area contributed by atoms with Crippen LogP contribution < -0.4 is 0 Å². The number of rotatable bonds is 2. The summed E-state index contributed by atoms with van der Waals surface area (Å²) in [6, 6.07) is 1.95. The third-order valence-corrected chi connectivity index (χ3v) is 5.73. The molecule has 18 heavy (non-hydrogen) atoms. The lowest BCUT2D eigenvalue weighted by molar-refractivity contribution is -0.0866. The average Bonchev–Trinajstić information content (AvgIpc) is 2.98. The van der Waals surface area contributed by atoms with Gasteiger partial charge >= 0.3 is 0 Å². The smallest absolute Gasteiger partial charge is 0.167 e. The number of hydrogen-bond acceptors (Lipinski definition) is 3. The van der Waals surface area contributed by atoms with Crippen LogP contribution in [0.1, 0.15) is 48.9 Å². The van der Waals surface area contributed by atoms with Gasteiger partial charge in [-0.3, -0.25) is 4.79 Å². The van der Waals surface area contributed by atoms with Crippen LogP contribution in [0.15, 0.2) is 15.2 Å². The van der Waals surface area contributed by atoms with Crippen molar-refractivity contribution in [1.82, 2.24) is 0 Å². The van der Waals surface area contributed by atoms with Gasteiger partial charge in [-0.1, -0.05) is 12.8 Å². The third-order valence-electron chi connectivity index (χ3n) is 4.23. The molecule has 1 spiro atoms. The molecule has 1 aromatic heterocycles. The number of Topliss-reactive ketones (excluding diaryl/α,β-unsaturated/α-hetero) is 1. The molecule has 1 aromatic rings. The zero-order valence-corrected chi connectivity index (χ0v) is 12.7. The summed E-state index contributed by atoms with van der Waals surface area (Å²) in [5.41, 5.74) is 0.901. The van der Waals surface area contributed by atoms with E-state index in [1.165, 1.54) is 12.8 Å². The van der Waals surface area contributed by atoms with Gasteiger partial charge in [0.05, 0.1) is 9.39 Å². The topological polar surface area (TPSA) is 26.3 Å². The summed E-state index contributed by atoms with van der Waals surface area (Å²) in [5, 5.41) is 1.96. The normalized spacial score (nSPS) is 26.6. The van der Waals surface area contributed by atoms with Crippen LogP contribution in [0.25, 0.3) is 0 Å². The highest BCUT2D eigenvalue weighted by Crippen LogP contribution is 2.43. The molecule has 0 aromatic carbocycles. The number of carbonyl (C=O) groups excluding carboxylic acids is 1. The van der Waals surface area contributed by atoms with Gasteiger partial charge in [-0.15, -0.1) is 11.3 Å². The van der Waals surface area contributed by atoms with E-state index in [4.69, 9.17) is 4.74 Å². The molecule has 1 saturated heterocycles. The second-order valence-electron chi connectivity index (χ2n) is 5.43. The lowest BCUT2D eigenvalue weighted by atomic mass is 9.81. The first kappa shape index (κ1) is 12.8. The minimum atomic E-state index is 0.0336. The summed E-state index contributed by atoms with van der Waals surface area (Å²) < 4.78 is 7.02. The van der Waals surface area contributed by atoms with Crippen LogP contribution >= 0.6 is 27.3 Å². The Morgan fingerprint density at radius 1 is 1.44 bits per heavy atom. The molecule has 2 heterocycles. The average molecular weight is 329 g/mol. The maximum Gasteiger partial charge on any atom is 0.167 e. The number of hydrogen-bond donors (Lipinski definition) is 0. The first-order chi connectivity index (χ1) is 8.69. The molecule has 0 amide bonds. The van der Waals surface area contributed by atoms with E-state index in [1.807, 2.05) is 11.4 Å². The molecule has 1 aliphatic carbocycles. The SMILES string of the molecule is O=C(c1csc(Br)c1)C1CCOC2(CCCC2)C1. The molecule has 2 nitrogen and oxygen atoms in total. The molecule has 1 unspecified atom stereocenters. The van der Waals surface area contributed by atoms with Crippen molar-refractivity contribution >= 4 is 33.0 Å². The minimum absolute atomic E-state index is 0.0336. The molecule has 3 rings (SSSR count). The van der Waals surface area contributed by atoms with Crippen molar-refractivity contribution in [2.75, 3.05) is 6.61 Å². The molecule has 1 atom stereocenters. The molecule has 1 saturated carbocycles. The van der Waals surface area contributed by atoms with Gasteiger partial charge in [0.25, 0.3) is 0 Å². The predicted molar refractivity (Wildman–Crippen MR) is 76.2 cm³/mol. The van der Waals surface area contributed by atoms with Crippen LogP contribution in [0.4, 0.5) is 0 Å². The number of halogens is 1. The summed E-state index contributed by atoms with van der Waals surface area (Å²) in [6.07, 6.45) is 6.61. The van der Waals surface area contributed by atoms with Gasteiger partial charge in [0.2, 0.25) is 0 Å². The van der Waals surface area contributed by atoms with E-state index >= 15 is 0 Å². The van der Waals surface area contributed by atoms with Crippen LogP contribution in [-0.2, 0) is 4.74 Å². The van der Waals surface area contributed by atoms with Crippen molar-refractivity contribution in [3.63, 3.8) is 0 Å². The largest absolute Gasteiger partial charge is 0.375 e. The second kappa shape index (κ2) is 5.06. The molecule has 1 aliphatic heterocycles. The molecule has 2 fully saturated rings. The number of ketones is 1. The van der Waals surface area contributed by atoms with Crippen molar-refractivity contribution in [2.45, 2.75) is 44.1 Å². The van der Waals surface area contributed by atoms with Crippen molar-refractivity contribution in [2.24, 2.45) is 5.92 Å². The monoisotopic (exact) mass is 328 g/mol. The fourth-order valence-corrected chi connectivity index (χ4v) is 4.44. The van der Waals surface area contributed by atoms with Crippen LogP contribution in [0.2, 0.25) is 0 Å². The van der Waals surface area contributed by atoms with Crippen LogP contribution in [0.3, 0.4) is 0 Å². The van der Waals surface area contributed by atoms with Crippen LogP contribution in [0.5, 0.6) is 0 Å². The van der Waals surface area contributed by atoms with E-state index in [1.54, 1.807) is 11.3 Å². The number of carbonyl (C=O) groups is 1. The molecule has 0 radical (unpaired) electrons. The van der Waals surface area contributed by atoms with Gasteiger partial charge in [-0.25, -0.2) is 0 Å². The van der Waals surface area contributed by atoms with Crippen LogP contribution in [-0.4, -0.2) is 18.0 Å². The Morgan fingerprint density at radius 3 is 2.89 bits per heavy atom. The van der Waals surface area contributed by atoms with Gasteiger partial charge in [0, 0.05) is 23.5 Å². The Balaban J connectivity index is 1.74. The molecule has 2 aliphatic rings. The first-order valence-corrected chi connectivity index (χ1v) is 8.28. The van der Waals surface area contributed by atoms with E-state index < -0.39 is 0 Å². The molecule has 4 heteroatoms. The molecule has 98 valence electrons. The van der Waals surface area contributed by atoms with E-state index in [-0.39, 0.29) is 11.5 Å². The standard InChI is InChI=1S/C14H17BrO2S/c15-12-7-11(9-18-12)13(16)10-3-6-17-14(8-10)4-1-2-5-14/h7,9-10H,1-6,8H2. The Labute approximate surface area is 120 Å². The lowest BCUT2D eigenvalue weighted by Crippen LogP contribution is -2.39. The summed E-state index contributed by atoms with van der Waals surface area (Å²) >= 11 is 5.01. The van der Waals surface area contributed by atoms with Crippen LogP contribution in [0, 0.1) is 5.92 Å². The lowest BCUT2D eigenvalue weighted by Gasteiger charge is -2.37. The van der Waals surface area contributed by atoms with E-state index in [2.05, 4.69) is 15.9 Å². The van der Waals surface area contributed by atoms with Crippen molar-refractivity contribution < 1.29 is 9.53 Å². The zero-order chi connectivity index (χ0) is 12.6. The summed E-state index contributed by atoms with van der Waals surface area (Å²) in [5.74, 6) is 0.477. The summed E-state index contributed by atoms with van der Waals surface area (Å²) in [6.45, 7) is 0.752. The van der Waals surface area contributed by atoms with Gasteiger partial charge in [-0.2, -0.15) is 0 Å². The quantitative estimate of drug-likeness (QED) is 0.750. The Hall–Kier alpha value is -0.190. The van der Waals surface area contributed by atoms with Gasteiger partial charge in [-0.05, 0) is 47.7 Å². The van der Waals surface area contributed by atoms with Gasteiger partial charge in [0.15, 0.2) is 5.78 Å². The van der Waals surface area contributed by atoms with E-state index in [0.29, 0.717) is 5.78 Å². The molecular weight excluding hydrogens is 312 g/mol. The maximum absolute atomic E-state index is 12.5. The first-order valence-electron chi connectivity index (χ1n) is 6.61. The highest BCUT2D eigenvalue weighted by molar-refractivity contribution is 9.11. The molecular formula is C14H17BrO2S. The van der Waals surface area contributed by atoms with Gasteiger partial charge in [0.1, 0.15) is 0 Å². The van der Waals surface area contributed by atoms with E-state index in [9.17, 15) is 4.79 Å². The number of ether oxygens (including phenoxy) is 1. The maximum atomic E-state index is 12.5. The number of thiophene rings is 1. The van der Waals surface area contributed by atoms with Gasteiger partial charge < -0.3 is 4.74 Å². The second-order valence-corrected chi connectivity index (χ2v) is 7.72. The van der Waals surface area contributed by atoms with Crippen molar-refractivity contribution in [3.8, 4) is 0 Å². The van der Waals surface area contributed by atoms with Crippen molar-refractivity contribution in [3.05, 3.63) is 20.8 Å². The summed E-state index contributed by atoms with van der Waals surface area (Å²) in [4.78, 5) is 12.5. The zero-order valence-electron chi connectivity index (χ0n) is 10.3. The fourth-order valence-electron chi connectivity index (χ4n) is 3.29. The third kappa shape index (κ3) is 2.43. The Kier molecular flexibility index (Phi) is 3.61. The highest BCUT2D eigenvalue weighted by atomic mass is 79.9. The minimum Gasteiger partial charge on any atom is -0.375 e. The Morgan fingerprint density at radius 2 is 2.22 bits per heavy atom. The fraction of sp³-hybridized carbons (Fsp3) is 0.643. The summed E-state index contributed by atoms with van der Waals surface area (Å²) in [7, 11) is 0. The highest BCUT2D eigenvalue weighted by Gasteiger charge is 2.42. The molecule has 0 bridgehead atoms. The Bertz CT molecular complexity index is 448. The van der Waals surface area contributed by atoms with E-state index in [0.717, 1.165) is 41.6 Å².